The zero-order chi connectivity index (χ0) is 16.6. The molecule has 2 amide bonds. The van der Waals surface area contributed by atoms with Gasteiger partial charge in [0.25, 0.3) is 5.91 Å². The number of carboxylic acid groups (broad SMARTS) is 1. The Bertz CT molecular complexity index is 407. The normalized spacial score (nSPS) is 11.7. The molecule has 0 saturated heterocycles. The molecule has 0 fully saturated rings. The van der Waals surface area contributed by atoms with Gasteiger partial charge in [-0.15, -0.1) is 0 Å². The fourth-order valence-corrected chi connectivity index (χ4v) is 1.49. The molecule has 0 saturated carbocycles. The highest BCUT2D eigenvalue weighted by atomic mass is 16.4. The van der Waals surface area contributed by atoms with Crippen LogP contribution in [-0.2, 0) is 14.4 Å². The fourth-order valence-electron chi connectivity index (χ4n) is 1.49. The first-order valence-electron chi connectivity index (χ1n) is 6.92. The smallest absolute Gasteiger partial charge is 0.328 e. The predicted molar refractivity (Wildman–Crippen MR) is 79.5 cm³/mol. The van der Waals surface area contributed by atoms with Gasteiger partial charge in [-0.1, -0.05) is 27.4 Å². The third-order valence-corrected chi connectivity index (χ3v) is 2.89. The lowest BCUT2D eigenvalue weighted by molar-refractivity contribution is -0.141. The molecule has 0 aliphatic heterocycles. The molecule has 0 aromatic carbocycles. The SMILES string of the molecule is C=C(C(=O)N[C@@H](CNC(=O)C(C)C)C(=O)O)N(C)CCC. The first kappa shape index (κ1) is 18.9. The Morgan fingerprint density at radius 1 is 1.29 bits per heavy atom. The number of rotatable bonds is 9. The van der Waals surface area contributed by atoms with Gasteiger partial charge in [-0.3, -0.25) is 9.59 Å². The third kappa shape index (κ3) is 6.78. The largest absolute Gasteiger partial charge is 0.480 e. The monoisotopic (exact) mass is 299 g/mol. The van der Waals surface area contributed by atoms with E-state index in [2.05, 4.69) is 17.2 Å². The van der Waals surface area contributed by atoms with Crippen molar-refractivity contribution in [3.05, 3.63) is 12.3 Å². The van der Waals surface area contributed by atoms with Crippen LogP contribution in [0.4, 0.5) is 0 Å². The first-order valence-corrected chi connectivity index (χ1v) is 6.92. The molecule has 0 unspecified atom stereocenters. The minimum absolute atomic E-state index is 0.164. The van der Waals surface area contributed by atoms with Gasteiger partial charge in [-0.25, -0.2) is 4.79 Å². The Morgan fingerprint density at radius 3 is 2.29 bits per heavy atom. The maximum atomic E-state index is 11.9. The van der Waals surface area contributed by atoms with Gasteiger partial charge in [0.1, 0.15) is 6.04 Å². The molecule has 7 heteroatoms. The number of hydrogen-bond acceptors (Lipinski definition) is 4. The average Bonchev–Trinajstić information content (AvgIpc) is 2.41. The number of hydrogen-bond donors (Lipinski definition) is 3. The number of carbonyl (C=O) groups is 3. The lowest BCUT2D eigenvalue weighted by Gasteiger charge is -2.22. The predicted octanol–water partition coefficient (Wildman–Crippen LogP) is 0.184. The number of aliphatic carboxylic acids is 1. The summed E-state index contributed by atoms with van der Waals surface area (Å²) in [7, 11) is 1.71. The summed E-state index contributed by atoms with van der Waals surface area (Å²) in [5.74, 6) is -2.28. The van der Waals surface area contributed by atoms with E-state index >= 15 is 0 Å². The molecule has 0 aliphatic rings. The van der Waals surface area contributed by atoms with E-state index in [-0.39, 0.29) is 24.1 Å². The van der Waals surface area contributed by atoms with E-state index in [0.717, 1.165) is 6.42 Å². The summed E-state index contributed by atoms with van der Waals surface area (Å²) in [4.78, 5) is 36.1. The van der Waals surface area contributed by atoms with E-state index in [0.29, 0.717) is 6.54 Å². The average molecular weight is 299 g/mol. The van der Waals surface area contributed by atoms with Crippen molar-refractivity contribution in [2.45, 2.75) is 33.2 Å². The van der Waals surface area contributed by atoms with Crippen LogP contribution in [0, 0.1) is 5.92 Å². The van der Waals surface area contributed by atoms with Crippen LogP contribution < -0.4 is 10.6 Å². The second-order valence-electron chi connectivity index (χ2n) is 5.13. The van der Waals surface area contributed by atoms with Gasteiger partial charge in [0.05, 0.1) is 5.70 Å². The Labute approximate surface area is 125 Å². The van der Waals surface area contributed by atoms with Gasteiger partial charge in [0.2, 0.25) is 5.91 Å². The van der Waals surface area contributed by atoms with Crippen LogP contribution in [0.1, 0.15) is 27.2 Å². The summed E-state index contributed by atoms with van der Waals surface area (Å²) in [6.45, 7) is 9.49. The van der Waals surface area contributed by atoms with E-state index < -0.39 is 17.9 Å². The van der Waals surface area contributed by atoms with Crippen LogP contribution in [-0.4, -0.2) is 54.0 Å². The molecule has 7 nitrogen and oxygen atoms in total. The van der Waals surface area contributed by atoms with Crippen LogP contribution in [0.25, 0.3) is 0 Å². The zero-order valence-electron chi connectivity index (χ0n) is 13.1. The maximum Gasteiger partial charge on any atom is 0.328 e. The second-order valence-corrected chi connectivity index (χ2v) is 5.13. The van der Waals surface area contributed by atoms with E-state index in [1.165, 1.54) is 0 Å². The lowest BCUT2D eigenvalue weighted by Crippen LogP contribution is -2.50. The van der Waals surface area contributed by atoms with Crippen molar-refractivity contribution in [3.8, 4) is 0 Å². The molecule has 0 aliphatic carbocycles. The number of likely N-dealkylation sites (N-methyl/N-ethyl adjacent to an activating group) is 1. The van der Waals surface area contributed by atoms with Crippen molar-refractivity contribution in [2.24, 2.45) is 5.92 Å². The molecule has 0 aromatic heterocycles. The Balaban J connectivity index is 4.57. The van der Waals surface area contributed by atoms with Gasteiger partial charge >= 0.3 is 5.97 Å². The van der Waals surface area contributed by atoms with Crippen LogP contribution in [0.15, 0.2) is 12.3 Å². The summed E-state index contributed by atoms with van der Waals surface area (Å²) in [5.41, 5.74) is 0.193. The molecule has 0 heterocycles. The second kappa shape index (κ2) is 8.99. The minimum atomic E-state index is -1.21. The fraction of sp³-hybridized carbons (Fsp3) is 0.643. The van der Waals surface area contributed by atoms with Crippen LogP contribution >= 0.6 is 0 Å². The van der Waals surface area contributed by atoms with Crippen molar-refractivity contribution in [1.82, 2.24) is 15.5 Å². The molecule has 1 atom stereocenters. The summed E-state index contributed by atoms with van der Waals surface area (Å²) >= 11 is 0. The van der Waals surface area contributed by atoms with Crippen molar-refractivity contribution in [3.63, 3.8) is 0 Å². The standard InChI is InChI=1S/C14H25N3O4/c1-6-7-17(5)10(4)13(19)16-11(14(20)21)8-15-12(18)9(2)3/h9,11H,4,6-8H2,1-3,5H3,(H,15,18)(H,16,19)(H,20,21)/t11-/m0/s1. The topological polar surface area (TPSA) is 98.7 Å². The van der Waals surface area contributed by atoms with Crippen molar-refractivity contribution in [2.75, 3.05) is 20.1 Å². The lowest BCUT2D eigenvalue weighted by atomic mass is 10.2. The quantitative estimate of drug-likeness (QED) is 0.528. The number of amides is 2. The first-order chi connectivity index (χ1) is 9.70. The highest BCUT2D eigenvalue weighted by molar-refractivity contribution is 5.95. The van der Waals surface area contributed by atoms with Crippen LogP contribution in [0.5, 0.6) is 0 Å². The molecular weight excluding hydrogens is 274 g/mol. The van der Waals surface area contributed by atoms with E-state index in [1.54, 1.807) is 25.8 Å². The summed E-state index contributed by atoms with van der Waals surface area (Å²) in [6, 6.07) is -1.19. The van der Waals surface area contributed by atoms with Crippen molar-refractivity contribution < 1.29 is 19.5 Å². The number of nitrogens with one attached hydrogen (secondary N) is 2. The third-order valence-electron chi connectivity index (χ3n) is 2.89. The van der Waals surface area contributed by atoms with Gasteiger partial charge < -0.3 is 20.6 Å². The van der Waals surface area contributed by atoms with Gasteiger partial charge in [-0.05, 0) is 6.42 Å². The summed E-state index contributed by atoms with van der Waals surface area (Å²) < 4.78 is 0. The molecule has 0 rings (SSSR count). The molecular formula is C14H25N3O4. The molecule has 0 bridgehead atoms. The minimum Gasteiger partial charge on any atom is -0.480 e. The summed E-state index contributed by atoms with van der Waals surface area (Å²) in [6.07, 6.45) is 0.843. The highest BCUT2D eigenvalue weighted by Gasteiger charge is 2.23. The van der Waals surface area contributed by atoms with E-state index in [1.807, 2.05) is 6.92 Å². The molecule has 21 heavy (non-hydrogen) atoms. The molecule has 120 valence electrons. The van der Waals surface area contributed by atoms with Gasteiger partial charge in [0, 0.05) is 26.1 Å². The van der Waals surface area contributed by atoms with E-state index in [4.69, 9.17) is 5.11 Å². The Morgan fingerprint density at radius 2 is 1.86 bits per heavy atom. The Hall–Kier alpha value is -2.05. The molecule has 0 spiro atoms. The highest BCUT2D eigenvalue weighted by Crippen LogP contribution is 2.00. The number of carbonyl (C=O) groups excluding carboxylic acids is 2. The van der Waals surface area contributed by atoms with Crippen molar-refractivity contribution >= 4 is 17.8 Å². The number of carboxylic acids is 1. The summed E-state index contributed by atoms with van der Waals surface area (Å²) in [5, 5.41) is 13.9. The molecule has 3 N–H and O–H groups in total. The molecule has 0 radical (unpaired) electrons. The zero-order valence-corrected chi connectivity index (χ0v) is 13.1. The van der Waals surface area contributed by atoms with Crippen molar-refractivity contribution in [1.29, 1.82) is 0 Å². The van der Waals surface area contributed by atoms with E-state index in [9.17, 15) is 14.4 Å². The molecule has 0 aromatic rings. The van der Waals surface area contributed by atoms with Crippen LogP contribution in [0.3, 0.4) is 0 Å². The van der Waals surface area contributed by atoms with Crippen LogP contribution in [0.2, 0.25) is 0 Å². The Kier molecular flexibility index (Phi) is 8.11. The van der Waals surface area contributed by atoms with Gasteiger partial charge in [0.15, 0.2) is 0 Å². The maximum absolute atomic E-state index is 11.9. The van der Waals surface area contributed by atoms with Gasteiger partial charge in [-0.2, -0.15) is 0 Å². The number of nitrogens with zero attached hydrogens (tertiary/aromatic N) is 1.